The molecule has 20 heavy (non-hydrogen) atoms. The minimum absolute atomic E-state index is 0.331. The predicted molar refractivity (Wildman–Crippen MR) is 81.6 cm³/mol. The highest BCUT2D eigenvalue weighted by molar-refractivity contribution is 5.87. The SMILES string of the molecule is C[N+](C)(C)Cc1ccccc1.O=C(O)c1ccccc1. The maximum Gasteiger partial charge on any atom is 0.335 e. The van der Waals surface area contributed by atoms with Crippen LogP contribution in [-0.2, 0) is 6.54 Å². The highest BCUT2D eigenvalue weighted by atomic mass is 16.4. The van der Waals surface area contributed by atoms with Crippen molar-refractivity contribution in [3.05, 3.63) is 71.8 Å². The Morgan fingerprint density at radius 2 is 1.35 bits per heavy atom. The van der Waals surface area contributed by atoms with E-state index in [4.69, 9.17) is 5.11 Å². The van der Waals surface area contributed by atoms with E-state index in [0.29, 0.717) is 5.56 Å². The molecule has 0 bridgehead atoms. The normalized spacial score (nSPS) is 10.3. The molecular formula is C17H22NO2+. The fourth-order valence-electron chi connectivity index (χ4n) is 1.71. The second kappa shape index (κ2) is 7.46. The number of rotatable bonds is 3. The molecule has 0 amide bonds. The smallest absolute Gasteiger partial charge is 0.335 e. The molecule has 0 heterocycles. The molecule has 0 saturated heterocycles. The summed E-state index contributed by atoms with van der Waals surface area (Å²) in [6.45, 7) is 1.10. The lowest BCUT2D eigenvalue weighted by atomic mass is 10.2. The van der Waals surface area contributed by atoms with Gasteiger partial charge in [-0.3, -0.25) is 0 Å². The summed E-state index contributed by atoms with van der Waals surface area (Å²) >= 11 is 0. The summed E-state index contributed by atoms with van der Waals surface area (Å²) in [4.78, 5) is 10.2. The molecule has 2 aromatic carbocycles. The molecule has 0 unspecified atom stereocenters. The average molecular weight is 272 g/mol. The summed E-state index contributed by atoms with van der Waals surface area (Å²) in [5, 5.41) is 8.38. The van der Waals surface area contributed by atoms with Crippen molar-refractivity contribution in [2.24, 2.45) is 0 Å². The van der Waals surface area contributed by atoms with Crippen LogP contribution in [0.4, 0.5) is 0 Å². The first-order chi connectivity index (χ1) is 9.38. The third-order valence-corrected chi connectivity index (χ3v) is 2.52. The zero-order valence-electron chi connectivity index (χ0n) is 12.3. The van der Waals surface area contributed by atoms with Crippen molar-refractivity contribution in [1.82, 2.24) is 0 Å². The second-order valence-electron chi connectivity index (χ2n) is 5.61. The van der Waals surface area contributed by atoms with Gasteiger partial charge in [0.2, 0.25) is 0 Å². The lowest BCUT2D eigenvalue weighted by Gasteiger charge is -2.23. The fraction of sp³-hybridized carbons (Fsp3) is 0.235. The number of carboxylic acids is 1. The van der Waals surface area contributed by atoms with Crippen molar-refractivity contribution in [2.45, 2.75) is 6.54 Å². The van der Waals surface area contributed by atoms with E-state index in [1.54, 1.807) is 30.3 Å². The van der Waals surface area contributed by atoms with Gasteiger partial charge < -0.3 is 9.59 Å². The molecule has 0 aromatic heterocycles. The third-order valence-electron chi connectivity index (χ3n) is 2.52. The van der Waals surface area contributed by atoms with Crippen LogP contribution >= 0.6 is 0 Å². The molecule has 1 N–H and O–H groups in total. The minimum Gasteiger partial charge on any atom is -0.478 e. The molecule has 2 aromatic rings. The average Bonchev–Trinajstić information content (AvgIpc) is 2.40. The van der Waals surface area contributed by atoms with Crippen molar-refractivity contribution in [2.75, 3.05) is 21.1 Å². The Hall–Kier alpha value is -2.13. The topological polar surface area (TPSA) is 37.3 Å². The van der Waals surface area contributed by atoms with Crippen LogP contribution in [0.2, 0.25) is 0 Å². The molecule has 0 saturated carbocycles. The Kier molecular flexibility index (Phi) is 5.94. The Balaban J connectivity index is 0.000000204. The Bertz CT molecular complexity index is 516. The van der Waals surface area contributed by atoms with Gasteiger partial charge in [0.05, 0.1) is 26.7 Å². The number of aromatic carboxylic acids is 1. The maximum atomic E-state index is 10.2. The number of hydrogen-bond acceptors (Lipinski definition) is 1. The number of carboxylic acid groups (broad SMARTS) is 1. The van der Waals surface area contributed by atoms with Gasteiger partial charge in [0.15, 0.2) is 0 Å². The zero-order chi connectivity index (χ0) is 15.0. The molecule has 0 radical (unpaired) electrons. The van der Waals surface area contributed by atoms with Crippen LogP contribution in [-0.4, -0.2) is 36.7 Å². The van der Waals surface area contributed by atoms with E-state index in [1.807, 2.05) is 0 Å². The highest BCUT2D eigenvalue weighted by Crippen LogP contribution is 2.05. The number of quaternary nitrogens is 1. The molecule has 3 nitrogen and oxygen atoms in total. The van der Waals surface area contributed by atoms with Gasteiger partial charge in [0, 0.05) is 5.56 Å². The number of hydrogen-bond donors (Lipinski definition) is 1. The lowest BCUT2D eigenvalue weighted by molar-refractivity contribution is -0.884. The Morgan fingerprint density at radius 3 is 1.70 bits per heavy atom. The third kappa shape index (κ3) is 6.71. The second-order valence-corrected chi connectivity index (χ2v) is 5.61. The quantitative estimate of drug-likeness (QED) is 0.871. The van der Waals surface area contributed by atoms with Crippen molar-refractivity contribution < 1.29 is 14.4 Å². The summed E-state index contributed by atoms with van der Waals surface area (Å²) in [7, 11) is 6.60. The van der Waals surface area contributed by atoms with Gasteiger partial charge in [0.1, 0.15) is 6.54 Å². The van der Waals surface area contributed by atoms with E-state index < -0.39 is 5.97 Å². The fourth-order valence-corrected chi connectivity index (χ4v) is 1.71. The molecule has 3 heteroatoms. The lowest BCUT2D eigenvalue weighted by Crippen LogP contribution is -2.33. The van der Waals surface area contributed by atoms with E-state index in [1.165, 1.54) is 5.56 Å². The number of nitrogens with zero attached hydrogens (tertiary/aromatic N) is 1. The molecule has 0 atom stereocenters. The van der Waals surface area contributed by atoms with Crippen LogP contribution in [0.25, 0.3) is 0 Å². The van der Waals surface area contributed by atoms with Crippen LogP contribution < -0.4 is 0 Å². The van der Waals surface area contributed by atoms with Gasteiger partial charge in [-0.15, -0.1) is 0 Å². The van der Waals surface area contributed by atoms with Gasteiger partial charge in [-0.25, -0.2) is 4.79 Å². The van der Waals surface area contributed by atoms with E-state index in [0.717, 1.165) is 11.0 Å². The Labute approximate surface area is 120 Å². The highest BCUT2D eigenvalue weighted by Gasteiger charge is 2.06. The standard InChI is InChI=1S/C10H16N.C7H6O2/c1-11(2,3)9-10-7-5-4-6-8-10;8-7(9)6-4-2-1-3-5-6/h4-8H,9H2,1-3H3;1-5H,(H,8,9)/q+1;. The van der Waals surface area contributed by atoms with Gasteiger partial charge in [0.25, 0.3) is 0 Å². The van der Waals surface area contributed by atoms with E-state index >= 15 is 0 Å². The summed E-state index contributed by atoms with van der Waals surface area (Å²) in [6.07, 6.45) is 0. The van der Waals surface area contributed by atoms with Crippen molar-refractivity contribution in [1.29, 1.82) is 0 Å². The number of benzene rings is 2. The summed E-state index contributed by atoms with van der Waals surface area (Å²) in [5.74, 6) is -0.879. The molecular weight excluding hydrogens is 250 g/mol. The Morgan fingerprint density at radius 1 is 0.900 bits per heavy atom. The summed E-state index contributed by atoms with van der Waals surface area (Å²) in [6, 6.07) is 18.9. The largest absolute Gasteiger partial charge is 0.478 e. The molecule has 0 aliphatic rings. The number of carbonyl (C=O) groups is 1. The van der Waals surface area contributed by atoms with Gasteiger partial charge in [-0.1, -0.05) is 48.5 Å². The van der Waals surface area contributed by atoms with Crippen LogP contribution in [0, 0.1) is 0 Å². The van der Waals surface area contributed by atoms with Gasteiger partial charge in [-0.05, 0) is 12.1 Å². The monoisotopic (exact) mass is 272 g/mol. The van der Waals surface area contributed by atoms with Crippen molar-refractivity contribution in [3.63, 3.8) is 0 Å². The summed E-state index contributed by atoms with van der Waals surface area (Å²) < 4.78 is 0.990. The van der Waals surface area contributed by atoms with Crippen LogP contribution in [0.15, 0.2) is 60.7 Å². The molecule has 0 fully saturated rings. The summed E-state index contributed by atoms with van der Waals surface area (Å²) in [5.41, 5.74) is 1.73. The molecule has 0 aliphatic carbocycles. The van der Waals surface area contributed by atoms with Crippen LogP contribution in [0.5, 0.6) is 0 Å². The first kappa shape index (κ1) is 15.9. The molecule has 0 spiro atoms. The van der Waals surface area contributed by atoms with Crippen molar-refractivity contribution >= 4 is 5.97 Å². The maximum absolute atomic E-state index is 10.2. The van der Waals surface area contributed by atoms with E-state index in [-0.39, 0.29) is 0 Å². The van der Waals surface area contributed by atoms with Gasteiger partial charge >= 0.3 is 5.97 Å². The van der Waals surface area contributed by atoms with Crippen LogP contribution in [0.3, 0.4) is 0 Å². The molecule has 0 aliphatic heterocycles. The zero-order valence-corrected chi connectivity index (χ0v) is 12.3. The molecule has 106 valence electrons. The first-order valence-corrected chi connectivity index (χ1v) is 6.51. The van der Waals surface area contributed by atoms with Crippen LogP contribution in [0.1, 0.15) is 15.9 Å². The minimum atomic E-state index is -0.879. The van der Waals surface area contributed by atoms with Gasteiger partial charge in [-0.2, -0.15) is 0 Å². The predicted octanol–water partition coefficient (Wildman–Crippen LogP) is 3.28. The van der Waals surface area contributed by atoms with Crippen molar-refractivity contribution in [3.8, 4) is 0 Å². The molecule has 2 rings (SSSR count). The van der Waals surface area contributed by atoms with E-state index in [9.17, 15) is 4.79 Å². The first-order valence-electron chi connectivity index (χ1n) is 6.51. The van der Waals surface area contributed by atoms with E-state index in [2.05, 4.69) is 51.5 Å².